The second kappa shape index (κ2) is 9.08. The van der Waals surface area contributed by atoms with Crippen molar-refractivity contribution in [1.82, 2.24) is 10.9 Å². The lowest BCUT2D eigenvalue weighted by Crippen LogP contribution is -2.47. The van der Waals surface area contributed by atoms with Gasteiger partial charge >= 0.3 is 0 Å². The van der Waals surface area contributed by atoms with Gasteiger partial charge in [-0.1, -0.05) is 18.2 Å². The number of rotatable bonds is 6. The Hall–Kier alpha value is -2.54. The number of thioether (sulfide) groups is 1. The molecule has 2 N–H and O–H groups in total. The molecule has 7 heteroatoms. The van der Waals surface area contributed by atoms with E-state index in [0.29, 0.717) is 5.75 Å². The van der Waals surface area contributed by atoms with Crippen molar-refractivity contribution < 1.29 is 18.7 Å². The third kappa shape index (κ3) is 6.11. The third-order valence-electron chi connectivity index (χ3n) is 3.27. The normalized spacial score (nSPS) is 11.5. The number of nitrogens with one attached hydrogen (secondary N) is 2. The summed E-state index contributed by atoms with van der Waals surface area (Å²) in [5.41, 5.74) is 5.75. The van der Waals surface area contributed by atoms with Gasteiger partial charge in [0.25, 0.3) is 5.91 Å². The number of halogens is 1. The largest absolute Gasteiger partial charge is 0.481 e. The number of hydrogen-bond acceptors (Lipinski definition) is 4. The molecule has 0 aliphatic carbocycles. The summed E-state index contributed by atoms with van der Waals surface area (Å²) in [5.74, 6) is -0.666. The number of ether oxygens (including phenoxy) is 1. The molecule has 0 aliphatic heterocycles. The molecule has 2 aromatic rings. The van der Waals surface area contributed by atoms with Crippen molar-refractivity contribution in [2.24, 2.45) is 0 Å². The molecule has 0 unspecified atom stereocenters. The van der Waals surface area contributed by atoms with E-state index in [1.807, 2.05) is 31.2 Å². The standard InChI is InChI=1S/C18H19FN2O3S/c1-12-5-3-4-6-16(12)25-11-17(22)20-21-18(23)13(2)24-15-9-7-14(19)8-10-15/h3-10,13H,11H2,1-2H3,(H,20,22)(H,21,23)/t13-/m0/s1. The Balaban J connectivity index is 1.74. The number of carbonyl (C=O) groups excluding carboxylic acids is 2. The molecule has 0 bridgehead atoms. The van der Waals surface area contributed by atoms with E-state index in [2.05, 4.69) is 10.9 Å². The smallest absolute Gasteiger partial charge is 0.279 e. The maximum absolute atomic E-state index is 12.8. The number of benzene rings is 2. The van der Waals surface area contributed by atoms with Crippen molar-refractivity contribution in [1.29, 1.82) is 0 Å². The Morgan fingerprint density at radius 1 is 1.12 bits per heavy atom. The number of hydrazine groups is 1. The number of aryl methyl sites for hydroxylation is 1. The van der Waals surface area contributed by atoms with Crippen LogP contribution < -0.4 is 15.6 Å². The lowest BCUT2D eigenvalue weighted by Gasteiger charge is -2.15. The molecule has 25 heavy (non-hydrogen) atoms. The van der Waals surface area contributed by atoms with Gasteiger partial charge in [0.1, 0.15) is 11.6 Å². The monoisotopic (exact) mass is 362 g/mol. The summed E-state index contributed by atoms with van der Waals surface area (Å²) < 4.78 is 18.2. The van der Waals surface area contributed by atoms with E-state index in [-0.39, 0.29) is 17.5 Å². The number of amides is 2. The number of carbonyl (C=O) groups is 2. The van der Waals surface area contributed by atoms with E-state index in [4.69, 9.17) is 4.74 Å². The maximum Gasteiger partial charge on any atom is 0.279 e. The molecule has 0 saturated heterocycles. The van der Waals surface area contributed by atoms with Gasteiger partial charge in [0, 0.05) is 4.90 Å². The van der Waals surface area contributed by atoms with Crippen LogP contribution in [0.3, 0.4) is 0 Å². The Morgan fingerprint density at radius 3 is 2.48 bits per heavy atom. The zero-order valence-electron chi connectivity index (χ0n) is 13.9. The first kappa shape index (κ1) is 18.8. The van der Waals surface area contributed by atoms with Crippen molar-refractivity contribution in [3.05, 3.63) is 59.9 Å². The first-order valence-electron chi connectivity index (χ1n) is 7.65. The van der Waals surface area contributed by atoms with Gasteiger partial charge in [-0.25, -0.2) is 4.39 Å². The molecule has 0 radical (unpaired) electrons. The molecule has 2 amide bonds. The molecular weight excluding hydrogens is 343 g/mol. The summed E-state index contributed by atoms with van der Waals surface area (Å²) in [6.45, 7) is 3.50. The van der Waals surface area contributed by atoms with E-state index >= 15 is 0 Å². The van der Waals surface area contributed by atoms with Crippen LogP contribution in [0.25, 0.3) is 0 Å². The van der Waals surface area contributed by atoms with Crippen LogP contribution >= 0.6 is 11.8 Å². The van der Waals surface area contributed by atoms with Crippen molar-refractivity contribution in [3.8, 4) is 5.75 Å². The van der Waals surface area contributed by atoms with Crippen LogP contribution in [-0.2, 0) is 9.59 Å². The van der Waals surface area contributed by atoms with Crippen LogP contribution in [0, 0.1) is 12.7 Å². The molecule has 0 saturated carbocycles. The molecule has 5 nitrogen and oxygen atoms in total. The molecule has 2 aromatic carbocycles. The predicted molar refractivity (Wildman–Crippen MR) is 94.7 cm³/mol. The van der Waals surface area contributed by atoms with Crippen LogP contribution in [0.5, 0.6) is 5.75 Å². The molecule has 0 heterocycles. The zero-order chi connectivity index (χ0) is 18.2. The molecular formula is C18H19FN2O3S. The summed E-state index contributed by atoms with van der Waals surface area (Å²) in [6.07, 6.45) is -0.838. The lowest BCUT2D eigenvalue weighted by atomic mass is 10.2. The highest BCUT2D eigenvalue weighted by Crippen LogP contribution is 2.21. The Labute approximate surface area is 149 Å². The van der Waals surface area contributed by atoms with Gasteiger partial charge < -0.3 is 4.74 Å². The third-order valence-corrected chi connectivity index (χ3v) is 4.45. The van der Waals surface area contributed by atoms with Gasteiger partial charge in [0.05, 0.1) is 5.75 Å². The summed E-state index contributed by atoms with van der Waals surface area (Å²) in [4.78, 5) is 24.7. The predicted octanol–water partition coefficient (Wildman–Crippen LogP) is 2.84. The van der Waals surface area contributed by atoms with Crippen molar-refractivity contribution in [3.63, 3.8) is 0 Å². The highest BCUT2D eigenvalue weighted by atomic mass is 32.2. The molecule has 2 rings (SSSR count). The van der Waals surface area contributed by atoms with E-state index in [0.717, 1.165) is 10.5 Å². The molecule has 0 aromatic heterocycles. The molecule has 0 spiro atoms. The fourth-order valence-electron chi connectivity index (χ4n) is 1.90. The summed E-state index contributed by atoms with van der Waals surface area (Å²) >= 11 is 1.39. The van der Waals surface area contributed by atoms with E-state index in [1.54, 1.807) is 0 Å². The molecule has 132 valence electrons. The van der Waals surface area contributed by atoms with Gasteiger partial charge in [0.15, 0.2) is 6.10 Å². The van der Waals surface area contributed by atoms with Crippen LogP contribution in [0.4, 0.5) is 4.39 Å². The van der Waals surface area contributed by atoms with Crippen molar-refractivity contribution >= 4 is 23.6 Å². The summed E-state index contributed by atoms with van der Waals surface area (Å²) in [6, 6.07) is 13.1. The Kier molecular flexibility index (Phi) is 6.82. The van der Waals surface area contributed by atoms with Gasteiger partial charge in [-0.2, -0.15) is 0 Å². The molecule has 1 atom stereocenters. The highest BCUT2D eigenvalue weighted by Gasteiger charge is 2.15. The second-order valence-corrected chi connectivity index (χ2v) is 6.32. The van der Waals surface area contributed by atoms with Crippen molar-refractivity contribution in [2.75, 3.05) is 5.75 Å². The van der Waals surface area contributed by atoms with E-state index < -0.39 is 12.0 Å². The minimum Gasteiger partial charge on any atom is -0.481 e. The fraction of sp³-hybridized carbons (Fsp3) is 0.222. The van der Waals surface area contributed by atoms with Gasteiger partial charge in [0.2, 0.25) is 5.91 Å². The van der Waals surface area contributed by atoms with E-state index in [9.17, 15) is 14.0 Å². The van der Waals surface area contributed by atoms with Crippen LogP contribution in [-0.4, -0.2) is 23.7 Å². The molecule has 0 fully saturated rings. The van der Waals surface area contributed by atoms with E-state index in [1.165, 1.54) is 43.0 Å². The summed E-state index contributed by atoms with van der Waals surface area (Å²) in [7, 11) is 0. The van der Waals surface area contributed by atoms with Gasteiger partial charge in [-0.05, 0) is 49.7 Å². The second-order valence-electron chi connectivity index (χ2n) is 5.31. The highest BCUT2D eigenvalue weighted by molar-refractivity contribution is 8.00. The van der Waals surface area contributed by atoms with Gasteiger partial charge in [-0.3, -0.25) is 20.4 Å². The minimum absolute atomic E-state index is 0.179. The lowest BCUT2D eigenvalue weighted by molar-refractivity contribution is -0.131. The maximum atomic E-state index is 12.8. The fourth-order valence-corrected chi connectivity index (χ4v) is 2.73. The first-order chi connectivity index (χ1) is 12.0. The van der Waals surface area contributed by atoms with Crippen molar-refractivity contribution in [2.45, 2.75) is 24.8 Å². The zero-order valence-corrected chi connectivity index (χ0v) is 14.7. The topological polar surface area (TPSA) is 67.4 Å². The Morgan fingerprint density at radius 2 is 1.80 bits per heavy atom. The molecule has 0 aliphatic rings. The van der Waals surface area contributed by atoms with Crippen LogP contribution in [0.1, 0.15) is 12.5 Å². The SMILES string of the molecule is Cc1ccccc1SCC(=O)NNC(=O)[C@H](C)Oc1ccc(F)cc1. The Bertz CT molecular complexity index is 737. The first-order valence-corrected chi connectivity index (χ1v) is 8.63. The van der Waals surface area contributed by atoms with Crippen LogP contribution in [0.15, 0.2) is 53.4 Å². The average molecular weight is 362 g/mol. The summed E-state index contributed by atoms with van der Waals surface area (Å²) in [5, 5.41) is 0. The quantitative estimate of drug-likeness (QED) is 0.613. The average Bonchev–Trinajstić information content (AvgIpc) is 2.60. The number of hydrogen-bond donors (Lipinski definition) is 2. The van der Waals surface area contributed by atoms with Gasteiger partial charge in [-0.15, -0.1) is 11.8 Å². The van der Waals surface area contributed by atoms with Crippen LogP contribution in [0.2, 0.25) is 0 Å². The minimum atomic E-state index is -0.838.